The van der Waals surface area contributed by atoms with Crippen LogP contribution in [-0.2, 0) is 24.4 Å². The molecule has 3 amide bonds. The standard InChI is InChI=1S/C42H53N7O7S2/c1-8-9-10-13-18-43-32-14-11-12-15-38(32)58(53,54)48-40(52)42(22-31(42)25(2)3)47-39(51)36-20-29(23-49(36)27(6)50)56-37-21-34(35-24-57-41(46-35)44-26(4)5)45-33-19-28(55-7)16-17-30(33)37/h11-12,14-17,19,21,24,26,29,31,36,43H,2,8-10,13,18,20,22-23H2,1,3-7H3,(H,44,46)(H,47,51)(H,48,52)/t29-,31+,36+,42-/m1/s1. The van der Waals surface area contributed by atoms with Gasteiger partial charge in [0.2, 0.25) is 11.8 Å². The van der Waals surface area contributed by atoms with Gasteiger partial charge < -0.3 is 30.3 Å². The van der Waals surface area contributed by atoms with Crippen molar-refractivity contribution in [1.82, 2.24) is 24.9 Å². The molecule has 310 valence electrons. The minimum atomic E-state index is -4.35. The summed E-state index contributed by atoms with van der Waals surface area (Å²) in [6, 6.07) is 12.9. The van der Waals surface area contributed by atoms with E-state index in [1.807, 2.05) is 25.3 Å². The molecule has 4 N–H and O–H groups in total. The van der Waals surface area contributed by atoms with Gasteiger partial charge in [-0.3, -0.25) is 14.4 Å². The Balaban J connectivity index is 1.22. The van der Waals surface area contributed by atoms with Gasteiger partial charge in [0.25, 0.3) is 15.9 Å². The van der Waals surface area contributed by atoms with Gasteiger partial charge in [-0.05, 0) is 57.9 Å². The SMILES string of the molecule is C=C(C)[C@@H]1C[C@]1(NC(=O)[C@@H]1C[C@@H](Oc2cc(-c3csc(NC(C)C)n3)nc3cc(OC)ccc23)CN1C(C)=O)C(=O)NS(=O)(=O)c1ccccc1NCCCCCC. The first-order chi connectivity index (χ1) is 27.6. The molecule has 6 rings (SSSR count). The maximum absolute atomic E-state index is 14.2. The Morgan fingerprint density at radius 3 is 2.52 bits per heavy atom. The Morgan fingerprint density at radius 2 is 1.83 bits per heavy atom. The first-order valence-corrected chi connectivity index (χ1v) is 22.0. The molecule has 1 saturated heterocycles. The van der Waals surface area contributed by atoms with Crippen LogP contribution >= 0.6 is 11.3 Å². The average Bonchev–Trinajstić information content (AvgIpc) is 3.48. The molecule has 0 radical (unpaired) electrons. The Bertz CT molecular complexity index is 2300. The second-order valence-electron chi connectivity index (χ2n) is 15.4. The van der Waals surface area contributed by atoms with E-state index in [1.54, 1.807) is 50.4 Å². The van der Waals surface area contributed by atoms with E-state index in [4.69, 9.17) is 19.4 Å². The van der Waals surface area contributed by atoms with Gasteiger partial charge in [-0.1, -0.05) is 50.5 Å². The number of pyridine rings is 1. The van der Waals surface area contributed by atoms with Crippen molar-refractivity contribution >= 4 is 60.8 Å². The molecule has 14 nitrogen and oxygen atoms in total. The smallest absolute Gasteiger partial charge is 0.266 e. The Kier molecular flexibility index (Phi) is 13.0. The number of hydrogen-bond acceptors (Lipinski definition) is 12. The molecule has 16 heteroatoms. The number of sulfonamides is 1. The number of benzene rings is 2. The summed E-state index contributed by atoms with van der Waals surface area (Å²) >= 11 is 1.47. The first-order valence-electron chi connectivity index (χ1n) is 19.7. The number of unbranched alkanes of at least 4 members (excludes halogenated alkanes) is 3. The molecule has 4 atom stereocenters. The van der Waals surface area contributed by atoms with Crippen LogP contribution in [0.4, 0.5) is 10.8 Å². The predicted molar refractivity (Wildman–Crippen MR) is 227 cm³/mol. The largest absolute Gasteiger partial charge is 0.497 e. The summed E-state index contributed by atoms with van der Waals surface area (Å²) < 4.78 is 41.8. The fourth-order valence-electron chi connectivity index (χ4n) is 7.39. The van der Waals surface area contributed by atoms with E-state index in [0.29, 0.717) is 51.6 Å². The fraction of sp³-hybridized carbons (Fsp3) is 0.452. The molecule has 1 saturated carbocycles. The van der Waals surface area contributed by atoms with Crippen molar-refractivity contribution in [2.45, 2.75) is 102 Å². The van der Waals surface area contributed by atoms with E-state index in [1.165, 1.54) is 29.2 Å². The number of fused-ring (bicyclic) bond motifs is 1. The number of nitrogens with one attached hydrogen (secondary N) is 4. The zero-order valence-electron chi connectivity index (χ0n) is 33.9. The summed E-state index contributed by atoms with van der Waals surface area (Å²) in [5.74, 6) is -1.23. The zero-order valence-corrected chi connectivity index (χ0v) is 35.5. The van der Waals surface area contributed by atoms with Crippen LogP contribution in [0.2, 0.25) is 0 Å². The average molecular weight is 832 g/mol. The lowest BCUT2D eigenvalue weighted by Gasteiger charge is -2.26. The number of hydrogen-bond donors (Lipinski definition) is 4. The van der Waals surface area contributed by atoms with Gasteiger partial charge in [-0.15, -0.1) is 11.3 Å². The highest BCUT2D eigenvalue weighted by Crippen LogP contribution is 2.49. The first kappa shape index (κ1) is 42.4. The van der Waals surface area contributed by atoms with E-state index >= 15 is 0 Å². The molecule has 58 heavy (non-hydrogen) atoms. The third-order valence-electron chi connectivity index (χ3n) is 10.5. The second-order valence-corrected chi connectivity index (χ2v) is 17.9. The van der Waals surface area contributed by atoms with Crippen molar-refractivity contribution in [2.24, 2.45) is 5.92 Å². The number of nitrogens with zero attached hydrogens (tertiary/aromatic N) is 3. The van der Waals surface area contributed by atoms with Crippen molar-refractivity contribution < 1.29 is 32.3 Å². The number of ether oxygens (including phenoxy) is 2. The van der Waals surface area contributed by atoms with Crippen molar-refractivity contribution in [2.75, 3.05) is 30.8 Å². The number of amides is 3. The highest BCUT2D eigenvalue weighted by Gasteiger charge is 2.63. The summed E-state index contributed by atoms with van der Waals surface area (Å²) in [6.45, 7) is 14.0. The third kappa shape index (κ3) is 9.39. The number of methoxy groups -OCH3 is 1. The number of carbonyl (C=O) groups excluding carboxylic acids is 3. The van der Waals surface area contributed by atoms with Gasteiger partial charge in [0.15, 0.2) is 5.13 Å². The van der Waals surface area contributed by atoms with Crippen molar-refractivity contribution in [3.05, 3.63) is 66.1 Å². The topological polar surface area (TPSA) is 181 Å². The van der Waals surface area contributed by atoms with Crippen LogP contribution in [0.15, 0.2) is 71.0 Å². The summed E-state index contributed by atoms with van der Waals surface area (Å²) in [6.07, 6.45) is 3.70. The maximum Gasteiger partial charge on any atom is 0.266 e. The lowest BCUT2D eigenvalue weighted by molar-refractivity contribution is -0.138. The number of carbonyl (C=O) groups is 3. The van der Waals surface area contributed by atoms with Crippen LogP contribution < -0.4 is 30.1 Å². The molecule has 4 aromatic rings. The van der Waals surface area contributed by atoms with Gasteiger partial charge in [-0.2, -0.15) is 0 Å². The highest BCUT2D eigenvalue weighted by molar-refractivity contribution is 7.90. The summed E-state index contributed by atoms with van der Waals surface area (Å²) in [5.41, 5.74) is 1.26. The monoisotopic (exact) mass is 831 g/mol. The van der Waals surface area contributed by atoms with Crippen LogP contribution in [0.5, 0.6) is 11.5 Å². The van der Waals surface area contributed by atoms with E-state index in [0.717, 1.165) is 30.8 Å². The fourth-order valence-corrected chi connectivity index (χ4v) is 9.47. The van der Waals surface area contributed by atoms with E-state index in [2.05, 4.69) is 34.2 Å². The van der Waals surface area contributed by atoms with Gasteiger partial charge in [0.1, 0.15) is 39.8 Å². The molecule has 2 aromatic heterocycles. The molecular formula is C42H53N7O7S2. The molecule has 2 aliphatic rings. The summed E-state index contributed by atoms with van der Waals surface area (Å²) in [7, 11) is -2.77. The van der Waals surface area contributed by atoms with Gasteiger partial charge in [0, 0.05) is 54.7 Å². The molecule has 0 bridgehead atoms. The lowest BCUT2D eigenvalue weighted by atomic mass is 10.1. The zero-order chi connectivity index (χ0) is 41.8. The minimum Gasteiger partial charge on any atom is -0.497 e. The number of para-hydroxylation sites is 1. The molecule has 2 fully saturated rings. The number of thiazole rings is 1. The molecule has 1 aliphatic carbocycles. The highest BCUT2D eigenvalue weighted by atomic mass is 32.2. The van der Waals surface area contributed by atoms with Crippen LogP contribution in [0.1, 0.15) is 73.1 Å². The van der Waals surface area contributed by atoms with Crippen molar-refractivity contribution in [1.29, 1.82) is 0 Å². The number of anilines is 2. The van der Waals surface area contributed by atoms with Gasteiger partial charge >= 0.3 is 0 Å². The maximum atomic E-state index is 14.2. The predicted octanol–water partition coefficient (Wildman–Crippen LogP) is 6.50. The summed E-state index contributed by atoms with van der Waals surface area (Å²) in [4.78, 5) is 52.2. The van der Waals surface area contributed by atoms with Crippen LogP contribution in [-0.4, -0.2) is 84.9 Å². The molecule has 0 spiro atoms. The summed E-state index contributed by atoms with van der Waals surface area (Å²) in [5, 5.41) is 12.7. The van der Waals surface area contributed by atoms with Gasteiger partial charge in [0.05, 0.1) is 30.6 Å². The Hall–Kier alpha value is -5.22. The lowest BCUT2D eigenvalue weighted by Crippen LogP contribution is -2.56. The van der Waals surface area contributed by atoms with Crippen molar-refractivity contribution in [3.63, 3.8) is 0 Å². The number of likely N-dealkylation sites (tertiary alicyclic amines) is 1. The van der Waals surface area contributed by atoms with E-state index in [-0.39, 0.29) is 36.2 Å². The molecule has 3 heterocycles. The van der Waals surface area contributed by atoms with Crippen LogP contribution in [0.25, 0.3) is 22.3 Å². The Morgan fingerprint density at radius 1 is 1.05 bits per heavy atom. The minimum absolute atomic E-state index is 0.0703. The normalized spacial score (nSPS) is 20.1. The Labute approximate surface area is 344 Å². The quantitative estimate of drug-likeness (QED) is 0.0635. The number of rotatable bonds is 18. The van der Waals surface area contributed by atoms with Crippen LogP contribution in [0, 0.1) is 5.92 Å². The van der Waals surface area contributed by atoms with Crippen LogP contribution in [0.3, 0.4) is 0 Å². The van der Waals surface area contributed by atoms with Crippen molar-refractivity contribution in [3.8, 4) is 22.9 Å². The van der Waals surface area contributed by atoms with E-state index in [9.17, 15) is 22.8 Å². The molecular weight excluding hydrogens is 779 g/mol. The number of aromatic nitrogens is 2. The molecule has 0 unspecified atom stereocenters. The molecule has 1 aliphatic heterocycles. The van der Waals surface area contributed by atoms with E-state index < -0.39 is 45.4 Å². The molecule has 2 aromatic carbocycles. The van der Waals surface area contributed by atoms with Gasteiger partial charge in [-0.25, -0.2) is 23.1 Å². The second kappa shape index (κ2) is 17.7. The third-order valence-corrected chi connectivity index (χ3v) is 12.6.